The van der Waals surface area contributed by atoms with Gasteiger partial charge in [0, 0.05) is 19.4 Å². The highest BCUT2D eigenvalue weighted by molar-refractivity contribution is 6.04. The number of anilines is 1. The van der Waals surface area contributed by atoms with Crippen molar-refractivity contribution < 1.29 is 4.79 Å². The van der Waals surface area contributed by atoms with Crippen molar-refractivity contribution >= 4 is 28.4 Å². The van der Waals surface area contributed by atoms with Crippen LogP contribution in [0.4, 0.5) is 5.82 Å². The van der Waals surface area contributed by atoms with Crippen molar-refractivity contribution in [2.24, 2.45) is 7.05 Å². The van der Waals surface area contributed by atoms with E-state index in [2.05, 4.69) is 42.5 Å². The smallest absolute Gasteiger partial charge is 0.270 e. The van der Waals surface area contributed by atoms with Crippen LogP contribution in [-0.2, 0) is 7.05 Å². The van der Waals surface area contributed by atoms with Crippen LogP contribution >= 0.6 is 0 Å². The predicted molar refractivity (Wildman–Crippen MR) is 147 cm³/mol. The number of aromatic amines is 1. The molecule has 0 bridgehead atoms. The molecule has 1 aromatic carbocycles. The quantitative estimate of drug-likeness (QED) is 0.288. The van der Waals surface area contributed by atoms with Gasteiger partial charge < -0.3 is 11.1 Å². The molecule has 0 aliphatic rings. The molecule has 0 aliphatic carbocycles. The fourth-order valence-corrected chi connectivity index (χ4v) is 4.41. The van der Waals surface area contributed by atoms with Crippen LogP contribution < -0.4 is 16.6 Å². The molecule has 13 heteroatoms. The van der Waals surface area contributed by atoms with Gasteiger partial charge in [0.25, 0.3) is 11.5 Å². The molecule has 0 saturated heterocycles. The molecule has 13 nitrogen and oxygen atoms in total. The number of aryl methyl sites for hydroxylation is 1. The van der Waals surface area contributed by atoms with Gasteiger partial charge in [-0.1, -0.05) is 24.1 Å². The molecule has 198 valence electrons. The molecule has 0 radical (unpaired) electrons. The molecular formula is C27H23N11O2. The lowest BCUT2D eigenvalue weighted by atomic mass is 10.2. The maximum absolute atomic E-state index is 14.0. The largest absolute Gasteiger partial charge is 0.381 e. The summed E-state index contributed by atoms with van der Waals surface area (Å²) in [5.41, 5.74) is 8.79. The summed E-state index contributed by atoms with van der Waals surface area (Å²) in [6.45, 7) is 3.63. The zero-order valence-electron chi connectivity index (χ0n) is 21.7. The van der Waals surface area contributed by atoms with Gasteiger partial charge in [-0.05, 0) is 38.0 Å². The number of nitrogens with zero attached hydrogens (tertiary/aromatic N) is 8. The molecule has 40 heavy (non-hydrogen) atoms. The summed E-state index contributed by atoms with van der Waals surface area (Å²) in [5, 5.41) is 18.6. The maximum atomic E-state index is 14.0. The molecule has 1 amide bonds. The van der Waals surface area contributed by atoms with Crippen LogP contribution in [0.2, 0.25) is 0 Å². The third-order valence-corrected chi connectivity index (χ3v) is 6.57. The summed E-state index contributed by atoms with van der Waals surface area (Å²) in [4.78, 5) is 36.3. The molecule has 5 heterocycles. The lowest BCUT2D eigenvalue weighted by Gasteiger charge is -2.18. The Morgan fingerprint density at radius 3 is 2.73 bits per heavy atom. The van der Waals surface area contributed by atoms with Gasteiger partial charge in [-0.15, -0.1) is 5.10 Å². The Labute approximate surface area is 226 Å². The number of H-pyrrole nitrogens is 1. The number of fused-ring (bicyclic) bond motifs is 2. The van der Waals surface area contributed by atoms with E-state index in [1.165, 1.54) is 9.08 Å². The minimum absolute atomic E-state index is 0.0351. The SMILES string of the molecule is Cc1c(C#Cc2n[nH]c3nc([C@@H](C)NC(=O)c4c(N)nn5cccnc45)n(-c4ccccc4)c(=O)c23)cnn1C. The number of para-hydroxylation sites is 1. The second-order valence-corrected chi connectivity index (χ2v) is 9.10. The van der Waals surface area contributed by atoms with Gasteiger partial charge in [0.05, 0.1) is 29.2 Å². The standard InChI is InChI=1S/C27H23N11O2/c1-15(31-26(39)21-22(28)35-37-13-7-12-29-25(21)37)24-32-23-20(27(40)38(24)18-8-5-4-6-9-18)19(33-34-23)11-10-17-14-30-36(3)16(17)2/h4-9,12-15H,1-3H3,(H2,28,35)(H,31,39)(H,33,34)/t15-/m1/s1. The number of nitrogens with one attached hydrogen (secondary N) is 2. The van der Waals surface area contributed by atoms with Crippen LogP contribution in [-0.4, -0.2) is 50.0 Å². The van der Waals surface area contributed by atoms with Crippen LogP contribution in [0.5, 0.6) is 0 Å². The number of nitrogen functional groups attached to an aromatic ring is 1. The molecule has 6 rings (SSSR count). The average molecular weight is 534 g/mol. The third-order valence-electron chi connectivity index (χ3n) is 6.57. The van der Waals surface area contributed by atoms with Gasteiger partial charge in [-0.25, -0.2) is 14.5 Å². The second kappa shape index (κ2) is 9.52. The van der Waals surface area contributed by atoms with Crippen LogP contribution in [0.3, 0.4) is 0 Å². The summed E-state index contributed by atoms with van der Waals surface area (Å²) in [7, 11) is 1.83. The van der Waals surface area contributed by atoms with Crippen molar-refractivity contribution in [1.82, 2.24) is 49.4 Å². The van der Waals surface area contributed by atoms with Crippen LogP contribution in [0.1, 0.15) is 46.1 Å². The summed E-state index contributed by atoms with van der Waals surface area (Å²) in [6.07, 6.45) is 4.86. The molecule has 0 fully saturated rings. The highest BCUT2D eigenvalue weighted by Crippen LogP contribution is 2.21. The van der Waals surface area contributed by atoms with E-state index in [1.807, 2.05) is 32.2 Å². The van der Waals surface area contributed by atoms with Gasteiger partial charge in [0.15, 0.2) is 22.8 Å². The van der Waals surface area contributed by atoms with Crippen LogP contribution in [0, 0.1) is 18.8 Å². The molecular weight excluding hydrogens is 510 g/mol. The molecule has 0 aliphatic heterocycles. The van der Waals surface area contributed by atoms with E-state index < -0.39 is 11.9 Å². The number of rotatable bonds is 4. The lowest BCUT2D eigenvalue weighted by molar-refractivity contribution is 0.0940. The van der Waals surface area contributed by atoms with Crippen molar-refractivity contribution in [1.29, 1.82) is 0 Å². The van der Waals surface area contributed by atoms with E-state index in [-0.39, 0.29) is 39.5 Å². The first-order valence-corrected chi connectivity index (χ1v) is 12.3. The number of nitrogens with two attached hydrogens (primary N) is 1. The lowest BCUT2D eigenvalue weighted by Crippen LogP contribution is -2.33. The van der Waals surface area contributed by atoms with Crippen molar-refractivity contribution in [2.75, 3.05) is 5.73 Å². The number of hydrogen-bond donors (Lipinski definition) is 3. The second-order valence-electron chi connectivity index (χ2n) is 9.10. The Bertz CT molecular complexity index is 2040. The fourth-order valence-electron chi connectivity index (χ4n) is 4.41. The number of aromatic nitrogens is 9. The summed E-state index contributed by atoms with van der Waals surface area (Å²) < 4.78 is 4.59. The molecule has 4 N–H and O–H groups in total. The Morgan fingerprint density at radius 1 is 1.18 bits per heavy atom. The summed E-state index contributed by atoms with van der Waals surface area (Å²) >= 11 is 0. The van der Waals surface area contributed by atoms with E-state index in [9.17, 15) is 9.59 Å². The number of carbonyl (C=O) groups is 1. The first-order valence-electron chi connectivity index (χ1n) is 12.3. The average Bonchev–Trinajstić information content (AvgIpc) is 3.62. The predicted octanol–water partition coefficient (Wildman–Crippen LogP) is 1.67. The zero-order valence-corrected chi connectivity index (χ0v) is 21.7. The highest BCUT2D eigenvalue weighted by Gasteiger charge is 2.25. The molecule has 1 atom stereocenters. The van der Waals surface area contributed by atoms with E-state index in [0.717, 1.165) is 11.3 Å². The molecule has 0 unspecified atom stereocenters. The molecule has 5 aromatic heterocycles. The van der Waals surface area contributed by atoms with Gasteiger partial charge in [0.2, 0.25) is 0 Å². The monoisotopic (exact) mass is 533 g/mol. The minimum Gasteiger partial charge on any atom is -0.381 e. The Balaban J connectivity index is 1.45. The van der Waals surface area contributed by atoms with Gasteiger partial charge in [-0.3, -0.25) is 23.9 Å². The van der Waals surface area contributed by atoms with E-state index in [0.29, 0.717) is 11.3 Å². The van der Waals surface area contributed by atoms with Crippen LogP contribution in [0.25, 0.3) is 22.4 Å². The van der Waals surface area contributed by atoms with E-state index in [1.54, 1.807) is 48.4 Å². The fraction of sp³-hybridized carbons (Fsp3) is 0.148. The third kappa shape index (κ3) is 4.04. The minimum atomic E-state index is -0.723. The Hall–Kier alpha value is -5.77. The zero-order chi connectivity index (χ0) is 28.0. The topological polar surface area (TPSA) is 167 Å². The summed E-state index contributed by atoms with van der Waals surface area (Å²) in [6, 6.07) is 9.99. The number of benzene rings is 1. The first kappa shape index (κ1) is 24.6. The molecule has 6 aromatic rings. The first-order chi connectivity index (χ1) is 19.3. The maximum Gasteiger partial charge on any atom is 0.270 e. The number of carbonyl (C=O) groups excluding carboxylic acids is 1. The van der Waals surface area contributed by atoms with Gasteiger partial charge >= 0.3 is 0 Å². The Morgan fingerprint density at radius 2 is 1.98 bits per heavy atom. The van der Waals surface area contributed by atoms with Gasteiger partial charge in [-0.2, -0.15) is 10.2 Å². The highest BCUT2D eigenvalue weighted by atomic mass is 16.2. The van der Waals surface area contributed by atoms with Gasteiger partial charge in [0.1, 0.15) is 16.8 Å². The molecule has 0 saturated carbocycles. The summed E-state index contributed by atoms with van der Waals surface area (Å²) in [5.74, 6) is 5.84. The Kier molecular flexibility index (Phi) is 5.84. The van der Waals surface area contributed by atoms with Crippen molar-refractivity contribution in [3.63, 3.8) is 0 Å². The van der Waals surface area contributed by atoms with Crippen LogP contribution in [0.15, 0.2) is 59.8 Å². The number of hydrogen-bond acceptors (Lipinski definition) is 8. The van der Waals surface area contributed by atoms with Crippen molar-refractivity contribution in [3.8, 4) is 17.5 Å². The van der Waals surface area contributed by atoms with E-state index in [4.69, 9.17) is 10.7 Å². The van der Waals surface area contributed by atoms with Crippen molar-refractivity contribution in [3.05, 3.63) is 93.7 Å². The number of amides is 1. The normalized spacial score (nSPS) is 11.9. The van der Waals surface area contributed by atoms with Crippen molar-refractivity contribution in [2.45, 2.75) is 19.9 Å². The molecule has 0 spiro atoms. The van der Waals surface area contributed by atoms with E-state index >= 15 is 0 Å².